The molecule has 0 saturated carbocycles. The number of imide groups is 1. The zero-order valence-electron chi connectivity index (χ0n) is 9.94. The molecule has 0 radical (unpaired) electrons. The first kappa shape index (κ1) is 12.1. The monoisotopic (exact) mass is 248 g/mol. The summed E-state index contributed by atoms with van der Waals surface area (Å²) < 4.78 is 5.04. The standard InChI is InChI=1S/C12H12N2O4/c1-7(15)18-9-6-4-3-5-8(9)12(2)10(16)13-11(17)14-12/h3-6H,1-2H3,(H2,13,14,16,17). The Bertz CT molecular complexity index is 541. The molecule has 1 aliphatic heterocycles. The molecule has 18 heavy (non-hydrogen) atoms. The van der Waals surface area contributed by atoms with E-state index in [1.54, 1.807) is 31.2 Å². The summed E-state index contributed by atoms with van der Waals surface area (Å²) in [5.74, 6) is -0.715. The number of carbonyl (C=O) groups is 3. The van der Waals surface area contributed by atoms with Gasteiger partial charge in [-0.3, -0.25) is 14.9 Å². The lowest BCUT2D eigenvalue weighted by Gasteiger charge is -2.23. The van der Waals surface area contributed by atoms with Crippen molar-refractivity contribution in [3.63, 3.8) is 0 Å². The van der Waals surface area contributed by atoms with Gasteiger partial charge in [-0.2, -0.15) is 0 Å². The van der Waals surface area contributed by atoms with Crippen LogP contribution in [0.3, 0.4) is 0 Å². The number of ether oxygens (including phenoxy) is 1. The van der Waals surface area contributed by atoms with Gasteiger partial charge in [-0.25, -0.2) is 4.79 Å². The number of hydrogen-bond acceptors (Lipinski definition) is 4. The number of benzene rings is 1. The van der Waals surface area contributed by atoms with Gasteiger partial charge in [-0.15, -0.1) is 0 Å². The summed E-state index contributed by atoms with van der Waals surface area (Å²) >= 11 is 0. The third-order valence-electron chi connectivity index (χ3n) is 2.72. The molecule has 2 N–H and O–H groups in total. The van der Waals surface area contributed by atoms with Crippen LogP contribution >= 0.6 is 0 Å². The Morgan fingerprint density at radius 1 is 1.28 bits per heavy atom. The Balaban J connectivity index is 2.47. The Labute approximate surface area is 103 Å². The molecule has 1 aromatic carbocycles. The lowest BCUT2D eigenvalue weighted by Crippen LogP contribution is -2.41. The average molecular weight is 248 g/mol. The maximum absolute atomic E-state index is 11.8. The molecule has 1 fully saturated rings. The van der Waals surface area contributed by atoms with E-state index in [1.807, 2.05) is 0 Å². The maximum atomic E-state index is 11.8. The van der Waals surface area contributed by atoms with Gasteiger partial charge in [0.1, 0.15) is 11.3 Å². The molecule has 1 atom stereocenters. The second-order valence-corrected chi connectivity index (χ2v) is 4.12. The van der Waals surface area contributed by atoms with Crippen LogP contribution in [-0.4, -0.2) is 17.9 Å². The zero-order chi connectivity index (χ0) is 13.3. The largest absolute Gasteiger partial charge is 0.426 e. The van der Waals surface area contributed by atoms with Gasteiger partial charge in [-0.1, -0.05) is 18.2 Å². The molecule has 0 spiro atoms. The highest BCUT2D eigenvalue weighted by Crippen LogP contribution is 2.32. The quantitative estimate of drug-likeness (QED) is 0.457. The van der Waals surface area contributed by atoms with E-state index in [-0.39, 0.29) is 5.75 Å². The van der Waals surface area contributed by atoms with Crippen LogP contribution in [0, 0.1) is 0 Å². The van der Waals surface area contributed by atoms with Crippen LogP contribution in [0.25, 0.3) is 0 Å². The number of para-hydroxylation sites is 1. The summed E-state index contributed by atoms with van der Waals surface area (Å²) in [7, 11) is 0. The minimum absolute atomic E-state index is 0.254. The molecule has 0 aliphatic carbocycles. The van der Waals surface area contributed by atoms with Crippen molar-refractivity contribution in [2.75, 3.05) is 0 Å². The molecule has 2 rings (SSSR count). The molecule has 94 valence electrons. The summed E-state index contributed by atoms with van der Waals surface area (Å²) in [5, 5.41) is 4.68. The fraction of sp³-hybridized carbons (Fsp3) is 0.250. The fourth-order valence-electron chi connectivity index (χ4n) is 1.86. The van der Waals surface area contributed by atoms with Crippen molar-refractivity contribution < 1.29 is 19.1 Å². The summed E-state index contributed by atoms with van der Waals surface area (Å²) in [6.07, 6.45) is 0. The van der Waals surface area contributed by atoms with Crippen molar-refractivity contribution in [2.45, 2.75) is 19.4 Å². The first-order valence-corrected chi connectivity index (χ1v) is 5.35. The van der Waals surface area contributed by atoms with Gasteiger partial charge in [0.05, 0.1) is 0 Å². The molecule has 6 nitrogen and oxygen atoms in total. The van der Waals surface area contributed by atoms with E-state index < -0.39 is 23.4 Å². The number of amides is 3. The van der Waals surface area contributed by atoms with Gasteiger partial charge in [0, 0.05) is 12.5 Å². The van der Waals surface area contributed by atoms with Crippen LogP contribution in [0.2, 0.25) is 0 Å². The minimum Gasteiger partial charge on any atom is -0.426 e. The SMILES string of the molecule is CC(=O)Oc1ccccc1C1(C)NC(=O)NC1=O. The third kappa shape index (κ3) is 1.92. The van der Waals surface area contributed by atoms with Crippen molar-refractivity contribution in [1.82, 2.24) is 10.6 Å². The predicted octanol–water partition coefficient (Wildman–Crippen LogP) is 0.666. The molecular weight excluding hydrogens is 236 g/mol. The lowest BCUT2D eigenvalue weighted by molar-refractivity contribution is -0.132. The molecule has 1 aliphatic rings. The number of hydrogen-bond donors (Lipinski definition) is 2. The first-order valence-electron chi connectivity index (χ1n) is 5.35. The molecule has 0 bridgehead atoms. The van der Waals surface area contributed by atoms with E-state index >= 15 is 0 Å². The van der Waals surface area contributed by atoms with Crippen molar-refractivity contribution in [2.24, 2.45) is 0 Å². The Morgan fingerprint density at radius 2 is 1.94 bits per heavy atom. The molecule has 6 heteroatoms. The topological polar surface area (TPSA) is 84.5 Å². The Hall–Kier alpha value is -2.37. The highest BCUT2D eigenvalue weighted by Gasteiger charge is 2.45. The minimum atomic E-state index is -1.23. The average Bonchev–Trinajstić information content (AvgIpc) is 2.53. The highest BCUT2D eigenvalue weighted by molar-refractivity contribution is 6.07. The van der Waals surface area contributed by atoms with Crippen LogP contribution in [0.4, 0.5) is 4.79 Å². The van der Waals surface area contributed by atoms with Crippen molar-refractivity contribution in [3.05, 3.63) is 29.8 Å². The lowest BCUT2D eigenvalue weighted by atomic mass is 9.91. The summed E-state index contributed by atoms with van der Waals surface area (Å²) in [6, 6.07) is 6.01. The summed E-state index contributed by atoms with van der Waals surface area (Å²) in [5.41, 5.74) is -0.799. The van der Waals surface area contributed by atoms with Gasteiger partial charge >= 0.3 is 12.0 Å². The number of nitrogens with one attached hydrogen (secondary N) is 2. The van der Waals surface area contributed by atoms with E-state index in [0.29, 0.717) is 5.56 Å². The zero-order valence-corrected chi connectivity index (χ0v) is 9.94. The molecule has 3 amide bonds. The Kier molecular flexibility index (Phi) is 2.78. The molecule has 1 heterocycles. The van der Waals surface area contributed by atoms with E-state index in [9.17, 15) is 14.4 Å². The van der Waals surface area contributed by atoms with E-state index in [4.69, 9.17) is 4.74 Å². The van der Waals surface area contributed by atoms with Crippen molar-refractivity contribution >= 4 is 17.9 Å². The summed E-state index contributed by atoms with van der Waals surface area (Å²) in [4.78, 5) is 34.1. The van der Waals surface area contributed by atoms with Gasteiger partial charge in [-0.05, 0) is 13.0 Å². The van der Waals surface area contributed by atoms with Gasteiger partial charge in [0.25, 0.3) is 5.91 Å². The van der Waals surface area contributed by atoms with E-state index in [1.165, 1.54) is 6.92 Å². The fourth-order valence-corrected chi connectivity index (χ4v) is 1.86. The van der Waals surface area contributed by atoms with Crippen LogP contribution in [-0.2, 0) is 15.1 Å². The van der Waals surface area contributed by atoms with Crippen LogP contribution in [0.5, 0.6) is 5.75 Å². The molecule has 1 aromatic rings. The van der Waals surface area contributed by atoms with Crippen LogP contribution in [0.15, 0.2) is 24.3 Å². The smallest absolute Gasteiger partial charge is 0.322 e. The second kappa shape index (κ2) is 4.14. The number of rotatable bonds is 2. The predicted molar refractivity (Wildman–Crippen MR) is 61.8 cm³/mol. The first-order chi connectivity index (χ1) is 8.43. The van der Waals surface area contributed by atoms with Crippen LogP contribution in [0.1, 0.15) is 19.4 Å². The third-order valence-corrected chi connectivity index (χ3v) is 2.72. The number of carbonyl (C=O) groups excluding carboxylic acids is 3. The van der Waals surface area contributed by atoms with E-state index in [2.05, 4.69) is 10.6 Å². The maximum Gasteiger partial charge on any atom is 0.322 e. The number of esters is 1. The molecule has 1 saturated heterocycles. The molecule has 1 unspecified atom stereocenters. The molecule has 0 aromatic heterocycles. The van der Waals surface area contributed by atoms with Crippen molar-refractivity contribution in [1.29, 1.82) is 0 Å². The second-order valence-electron chi connectivity index (χ2n) is 4.12. The van der Waals surface area contributed by atoms with Gasteiger partial charge in [0.15, 0.2) is 0 Å². The van der Waals surface area contributed by atoms with Gasteiger partial charge in [0.2, 0.25) is 0 Å². The highest BCUT2D eigenvalue weighted by atomic mass is 16.5. The Morgan fingerprint density at radius 3 is 2.50 bits per heavy atom. The summed E-state index contributed by atoms with van der Waals surface area (Å²) in [6.45, 7) is 2.82. The normalized spacial score (nSPS) is 22.3. The van der Waals surface area contributed by atoms with Crippen molar-refractivity contribution in [3.8, 4) is 5.75 Å². The van der Waals surface area contributed by atoms with E-state index in [0.717, 1.165) is 0 Å². The van der Waals surface area contributed by atoms with Crippen LogP contribution < -0.4 is 15.4 Å². The van der Waals surface area contributed by atoms with Gasteiger partial charge < -0.3 is 10.1 Å². The number of urea groups is 1. The molecular formula is C12H12N2O4.